The van der Waals surface area contributed by atoms with Gasteiger partial charge < -0.3 is 14.3 Å². The largest absolute Gasteiger partial charge is 0.468 e. The summed E-state index contributed by atoms with van der Waals surface area (Å²) in [5, 5.41) is 13.2. The van der Waals surface area contributed by atoms with Gasteiger partial charge in [-0.25, -0.2) is 9.59 Å². The molecule has 2 aromatic rings. The monoisotopic (exact) mass is 319 g/mol. The van der Waals surface area contributed by atoms with Gasteiger partial charge in [-0.2, -0.15) is 0 Å². The van der Waals surface area contributed by atoms with Crippen LogP contribution in [0, 0.1) is 0 Å². The maximum atomic E-state index is 11.8. The molecule has 0 spiro atoms. The average molecular weight is 319 g/mol. The highest BCUT2D eigenvalue weighted by molar-refractivity contribution is 5.82. The van der Waals surface area contributed by atoms with Gasteiger partial charge in [0.25, 0.3) is 0 Å². The smallest absolute Gasteiger partial charge is 0.336 e. The maximum Gasteiger partial charge on any atom is 0.336 e. The van der Waals surface area contributed by atoms with Crippen LogP contribution >= 0.6 is 0 Å². The second-order valence-corrected chi connectivity index (χ2v) is 5.61. The summed E-state index contributed by atoms with van der Waals surface area (Å²) in [6, 6.07) is 7.09. The topological polar surface area (TPSA) is 88.8 Å². The van der Waals surface area contributed by atoms with Gasteiger partial charge in [0, 0.05) is 18.0 Å². The normalized spacial score (nSPS) is 13.7. The van der Waals surface area contributed by atoms with Crippen molar-refractivity contribution >= 4 is 16.9 Å². The Kier molecular flexibility index (Phi) is 5.18. The van der Waals surface area contributed by atoms with E-state index in [0.29, 0.717) is 11.1 Å². The summed E-state index contributed by atoms with van der Waals surface area (Å²) in [6.45, 7) is 3.37. The van der Waals surface area contributed by atoms with Crippen LogP contribution in [0.2, 0.25) is 0 Å². The summed E-state index contributed by atoms with van der Waals surface area (Å²) in [6.07, 6.45) is 0.840. The number of nitrogens with one attached hydrogen (secondary N) is 1. The number of rotatable bonds is 6. The first-order chi connectivity index (χ1) is 10.9. The summed E-state index contributed by atoms with van der Waals surface area (Å²) < 4.78 is 9.94. The molecular formula is C17H21NO5. The number of esters is 1. The first-order valence-corrected chi connectivity index (χ1v) is 7.43. The summed E-state index contributed by atoms with van der Waals surface area (Å²) in [4.78, 5) is 23.5. The van der Waals surface area contributed by atoms with Crippen molar-refractivity contribution in [2.75, 3.05) is 13.7 Å². The molecular weight excluding hydrogens is 298 g/mol. The van der Waals surface area contributed by atoms with Crippen molar-refractivity contribution in [1.29, 1.82) is 0 Å². The Labute approximate surface area is 134 Å². The Morgan fingerprint density at radius 1 is 1.39 bits per heavy atom. The molecule has 2 rings (SSSR count). The van der Waals surface area contributed by atoms with E-state index in [-0.39, 0.29) is 6.54 Å². The highest BCUT2D eigenvalue weighted by Crippen LogP contribution is 2.20. The number of aliphatic hydroxyl groups excluding tert-OH is 1. The van der Waals surface area contributed by atoms with Crippen LogP contribution in [0.25, 0.3) is 11.0 Å². The van der Waals surface area contributed by atoms with Gasteiger partial charge in [-0.1, -0.05) is 19.1 Å². The lowest BCUT2D eigenvalue weighted by Gasteiger charge is -2.25. The van der Waals surface area contributed by atoms with Crippen molar-refractivity contribution < 1.29 is 19.1 Å². The van der Waals surface area contributed by atoms with E-state index in [0.717, 1.165) is 17.4 Å². The third-order valence-corrected chi connectivity index (χ3v) is 3.92. The van der Waals surface area contributed by atoms with Gasteiger partial charge in [0.05, 0.1) is 13.7 Å². The van der Waals surface area contributed by atoms with Crippen molar-refractivity contribution in [1.82, 2.24) is 5.32 Å². The molecule has 0 bridgehead atoms. The molecule has 0 unspecified atom stereocenters. The third-order valence-electron chi connectivity index (χ3n) is 3.92. The first-order valence-electron chi connectivity index (χ1n) is 7.43. The van der Waals surface area contributed by atoms with Crippen molar-refractivity contribution in [3.05, 3.63) is 45.8 Å². The number of hydrogen-bond acceptors (Lipinski definition) is 6. The van der Waals surface area contributed by atoms with Crippen LogP contribution in [0.1, 0.15) is 25.0 Å². The van der Waals surface area contributed by atoms with Crippen LogP contribution in [0.4, 0.5) is 0 Å². The summed E-state index contributed by atoms with van der Waals surface area (Å²) in [5.74, 6) is -0.569. The minimum absolute atomic E-state index is 0.222. The Bertz CT molecular complexity index is 767. The molecule has 6 nitrogen and oxygen atoms in total. The highest BCUT2D eigenvalue weighted by Gasteiger charge is 2.33. The molecule has 0 radical (unpaired) electrons. The highest BCUT2D eigenvalue weighted by atomic mass is 16.5. The number of methoxy groups -OCH3 is 1. The molecule has 0 saturated heterocycles. The molecule has 0 amide bonds. The molecule has 0 aliphatic rings. The SMILES string of the molecule is CCc1ccc2c(CN[C@@](C)(CO)C(=O)OC)cc(=O)oc2c1. The lowest BCUT2D eigenvalue weighted by atomic mass is 10.0. The molecule has 1 aromatic heterocycles. The van der Waals surface area contributed by atoms with E-state index in [9.17, 15) is 14.7 Å². The van der Waals surface area contributed by atoms with Crippen LogP contribution in [-0.4, -0.2) is 30.3 Å². The van der Waals surface area contributed by atoms with Crippen molar-refractivity contribution in [2.24, 2.45) is 0 Å². The third kappa shape index (κ3) is 3.60. The van der Waals surface area contributed by atoms with Crippen LogP contribution in [-0.2, 0) is 22.5 Å². The number of aliphatic hydroxyl groups is 1. The number of carbonyl (C=O) groups excluding carboxylic acids is 1. The van der Waals surface area contributed by atoms with Crippen LogP contribution < -0.4 is 10.9 Å². The lowest BCUT2D eigenvalue weighted by Crippen LogP contribution is -2.52. The number of aryl methyl sites for hydroxylation is 1. The zero-order valence-electron chi connectivity index (χ0n) is 13.5. The standard InChI is InChI=1S/C17H21NO5/c1-4-11-5-6-13-12(8-15(20)23-14(13)7-11)9-18-17(2,10-19)16(21)22-3/h5-8,18-19H,4,9-10H2,1-3H3/t17-/m0/s1. The van der Waals surface area contributed by atoms with Crippen LogP contribution in [0.15, 0.2) is 33.5 Å². The van der Waals surface area contributed by atoms with Gasteiger partial charge in [0.2, 0.25) is 0 Å². The summed E-state index contributed by atoms with van der Waals surface area (Å²) in [5.41, 5.74) is 0.590. The molecule has 1 aromatic carbocycles. The van der Waals surface area contributed by atoms with E-state index >= 15 is 0 Å². The van der Waals surface area contributed by atoms with Gasteiger partial charge in [-0.15, -0.1) is 0 Å². The molecule has 0 aliphatic heterocycles. The number of fused-ring (bicyclic) bond motifs is 1. The van der Waals surface area contributed by atoms with Gasteiger partial charge in [0.15, 0.2) is 0 Å². The Morgan fingerprint density at radius 3 is 2.74 bits per heavy atom. The Balaban J connectivity index is 2.36. The summed E-state index contributed by atoms with van der Waals surface area (Å²) in [7, 11) is 1.26. The molecule has 0 saturated carbocycles. The van der Waals surface area contributed by atoms with Crippen LogP contribution in [0.3, 0.4) is 0 Å². The fraction of sp³-hybridized carbons (Fsp3) is 0.412. The quantitative estimate of drug-likeness (QED) is 0.617. The lowest BCUT2D eigenvalue weighted by molar-refractivity contribution is -0.149. The average Bonchev–Trinajstić information content (AvgIpc) is 2.57. The molecule has 0 aliphatic carbocycles. The molecule has 23 heavy (non-hydrogen) atoms. The Hall–Kier alpha value is -2.18. The van der Waals surface area contributed by atoms with E-state index < -0.39 is 23.7 Å². The van der Waals surface area contributed by atoms with Gasteiger partial charge >= 0.3 is 11.6 Å². The molecule has 6 heteroatoms. The van der Waals surface area contributed by atoms with Gasteiger partial charge in [-0.05, 0) is 30.5 Å². The van der Waals surface area contributed by atoms with Gasteiger partial charge in [0.1, 0.15) is 11.1 Å². The van der Waals surface area contributed by atoms with E-state index in [1.54, 1.807) is 6.92 Å². The summed E-state index contributed by atoms with van der Waals surface area (Å²) >= 11 is 0. The number of benzene rings is 1. The number of hydrogen-bond donors (Lipinski definition) is 2. The van der Waals surface area contributed by atoms with Gasteiger partial charge in [-0.3, -0.25) is 5.32 Å². The van der Waals surface area contributed by atoms with E-state index in [1.165, 1.54) is 13.2 Å². The maximum absolute atomic E-state index is 11.8. The van der Waals surface area contributed by atoms with E-state index in [2.05, 4.69) is 5.32 Å². The number of carbonyl (C=O) groups is 1. The zero-order chi connectivity index (χ0) is 17.0. The van der Waals surface area contributed by atoms with Crippen LogP contribution in [0.5, 0.6) is 0 Å². The molecule has 1 atom stereocenters. The minimum Gasteiger partial charge on any atom is -0.468 e. The molecule has 124 valence electrons. The zero-order valence-corrected chi connectivity index (χ0v) is 13.5. The predicted molar refractivity (Wildman–Crippen MR) is 86.2 cm³/mol. The minimum atomic E-state index is -1.24. The van der Waals surface area contributed by atoms with Crippen molar-refractivity contribution in [3.8, 4) is 0 Å². The van der Waals surface area contributed by atoms with E-state index in [4.69, 9.17) is 9.15 Å². The fourth-order valence-electron chi connectivity index (χ4n) is 2.35. The van der Waals surface area contributed by atoms with Crippen molar-refractivity contribution in [2.45, 2.75) is 32.4 Å². The fourth-order valence-corrected chi connectivity index (χ4v) is 2.35. The second kappa shape index (κ2) is 6.93. The second-order valence-electron chi connectivity index (χ2n) is 5.61. The van der Waals surface area contributed by atoms with E-state index in [1.807, 2.05) is 25.1 Å². The first kappa shape index (κ1) is 17.2. The predicted octanol–water partition coefficient (Wildman–Crippen LogP) is 1.37. The number of ether oxygens (including phenoxy) is 1. The molecule has 0 fully saturated rings. The molecule has 1 heterocycles. The molecule has 2 N–H and O–H groups in total. The van der Waals surface area contributed by atoms with Crippen molar-refractivity contribution in [3.63, 3.8) is 0 Å². The Morgan fingerprint density at radius 2 is 2.13 bits per heavy atom.